The second-order valence-corrected chi connectivity index (χ2v) is 25.9. The Balaban J connectivity index is 1.52. The lowest BCUT2D eigenvalue weighted by atomic mass is 10.00. The molecule has 3 aliphatic heterocycles. The van der Waals surface area contributed by atoms with E-state index >= 15 is 0 Å². The molecule has 3 aliphatic rings. The Hall–Kier alpha value is -9.21. The van der Waals surface area contributed by atoms with E-state index in [1.807, 2.05) is 27.7 Å². The fraction of sp³-hybridized carbons (Fsp3) is 0.667. The van der Waals surface area contributed by atoms with Gasteiger partial charge in [0.25, 0.3) is 0 Å². The number of aliphatic hydroxyl groups excluding tert-OH is 1. The molecule has 3 fully saturated rings. The molecule has 540 valence electrons. The maximum atomic E-state index is 14.7. The summed E-state index contributed by atoms with van der Waals surface area (Å²) in [6.07, 6.45) is 1.40. The van der Waals surface area contributed by atoms with E-state index in [1.54, 1.807) is 44.2 Å². The van der Waals surface area contributed by atoms with Crippen molar-refractivity contribution in [3.63, 3.8) is 0 Å². The smallest absolute Gasteiger partial charge is 0.303 e. The first-order valence-corrected chi connectivity index (χ1v) is 33.2. The summed E-state index contributed by atoms with van der Waals surface area (Å²) in [6.45, 7) is 9.85. The number of carboxylic acid groups (broad SMARTS) is 1. The number of hydrogen-bond acceptors (Lipinski definition) is 17. The maximum absolute atomic E-state index is 14.7. The number of carbonyl (C=O) groups excluding carboxylic acids is 12. The monoisotopic (exact) mass is 1370 g/mol. The Morgan fingerprint density at radius 1 is 0.526 bits per heavy atom. The van der Waals surface area contributed by atoms with Gasteiger partial charge in [-0.05, 0) is 107 Å². The average molecular weight is 1370 g/mol. The number of nitrogens with two attached hydrogens (primary N) is 6. The van der Waals surface area contributed by atoms with Crippen LogP contribution in [0.2, 0.25) is 0 Å². The van der Waals surface area contributed by atoms with Crippen molar-refractivity contribution in [2.24, 2.45) is 62.1 Å². The van der Waals surface area contributed by atoms with Crippen molar-refractivity contribution < 1.29 is 72.5 Å². The van der Waals surface area contributed by atoms with Crippen molar-refractivity contribution in [3.8, 4) is 0 Å². The van der Waals surface area contributed by atoms with Crippen LogP contribution in [0, 0.1) is 17.8 Å². The number of rotatable bonds is 39. The number of aliphatic imine (C=N–C) groups is 2. The van der Waals surface area contributed by atoms with Crippen molar-refractivity contribution in [1.29, 1.82) is 0 Å². The molecule has 11 atom stereocenters. The zero-order chi connectivity index (χ0) is 72.2. The summed E-state index contributed by atoms with van der Waals surface area (Å²) in [5.74, 6) is -11.7. The fourth-order valence-corrected chi connectivity index (χ4v) is 11.8. The third-order valence-electron chi connectivity index (χ3n) is 16.8. The van der Waals surface area contributed by atoms with E-state index in [0.29, 0.717) is 37.7 Å². The van der Waals surface area contributed by atoms with E-state index in [1.165, 1.54) is 14.7 Å². The molecule has 4 rings (SSSR count). The second kappa shape index (κ2) is 39.7. The van der Waals surface area contributed by atoms with Gasteiger partial charge < -0.3 is 102 Å². The van der Waals surface area contributed by atoms with E-state index in [-0.39, 0.29) is 108 Å². The Morgan fingerprint density at radius 2 is 0.969 bits per heavy atom. The molecule has 34 nitrogen and oxygen atoms in total. The lowest BCUT2D eigenvalue weighted by molar-refractivity contribution is -0.143. The van der Waals surface area contributed by atoms with Gasteiger partial charge in [0.05, 0.1) is 19.2 Å². The molecule has 0 spiro atoms. The number of carbonyl (C=O) groups is 13. The molecule has 22 N–H and O–H groups in total. The maximum Gasteiger partial charge on any atom is 0.303 e. The number of amides is 12. The third-order valence-corrected chi connectivity index (χ3v) is 16.8. The molecule has 0 unspecified atom stereocenters. The zero-order valence-electron chi connectivity index (χ0n) is 56.4. The molecule has 3 saturated heterocycles. The lowest BCUT2D eigenvalue weighted by Crippen LogP contribution is -2.61. The predicted octanol–water partition coefficient (Wildman–Crippen LogP) is -4.76. The quantitative estimate of drug-likeness (QED) is 0.0167. The number of likely N-dealkylation sites (tertiary alicyclic amines) is 3. The van der Waals surface area contributed by atoms with Crippen molar-refractivity contribution in [2.75, 3.05) is 45.9 Å². The molecule has 12 amide bonds. The van der Waals surface area contributed by atoms with Crippen LogP contribution in [0.25, 0.3) is 0 Å². The number of nitrogens with one attached hydrogen (secondary N) is 8. The minimum atomic E-state index is -1.69. The van der Waals surface area contributed by atoms with Crippen LogP contribution >= 0.6 is 0 Å². The molecular weight excluding hydrogens is 1260 g/mol. The summed E-state index contributed by atoms with van der Waals surface area (Å²) in [5, 5.41) is 40.9. The molecule has 0 aromatic heterocycles. The molecule has 0 bridgehead atoms. The van der Waals surface area contributed by atoms with Gasteiger partial charge in [0, 0.05) is 45.6 Å². The van der Waals surface area contributed by atoms with Gasteiger partial charge in [-0.3, -0.25) is 72.3 Å². The Kier molecular flexibility index (Phi) is 32.9. The van der Waals surface area contributed by atoms with Gasteiger partial charge in [0.2, 0.25) is 70.9 Å². The summed E-state index contributed by atoms with van der Waals surface area (Å²) < 4.78 is 0. The van der Waals surface area contributed by atoms with Gasteiger partial charge in [0.15, 0.2) is 11.9 Å². The number of carboxylic acids is 1. The molecule has 0 saturated carbocycles. The Bertz CT molecular complexity index is 2960. The molecule has 0 aliphatic carbocycles. The molecule has 34 heteroatoms. The highest BCUT2D eigenvalue weighted by Crippen LogP contribution is 2.24. The zero-order valence-corrected chi connectivity index (χ0v) is 56.4. The van der Waals surface area contributed by atoms with E-state index in [4.69, 9.17) is 34.4 Å². The fourth-order valence-electron chi connectivity index (χ4n) is 11.8. The minimum absolute atomic E-state index is 0.0120. The number of guanidine groups is 2. The van der Waals surface area contributed by atoms with Crippen LogP contribution in [-0.2, 0) is 68.7 Å². The van der Waals surface area contributed by atoms with Crippen molar-refractivity contribution in [2.45, 2.75) is 204 Å². The summed E-state index contributed by atoms with van der Waals surface area (Å²) in [5.41, 5.74) is 34.1. The van der Waals surface area contributed by atoms with Gasteiger partial charge in [-0.15, -0.1) is 0 Å². The largest absolute Gasteiger partial charge is 0.481 e. The first-order chi connectivity index (χ1) is 45.8. The first kappa shape index (κ1) is 80.2. The molecular formula is C63H103N19O15. The normalized spacial score (nSPS) is 18.4. The number of aliphatic carboxylic acids is 1. The van der Waals surface area contributed by atoms with Crippen LogP contribution in [-0.4, -0.2) is 226 Å². The minimum Gasteiger partial charge on any atom is -0.481 e. The van der Waals surface area contributed by atoms with Crippen molar-refractivity contribution >= 4 is 88.8 Å². The molecule has 0 radical (unpaired) electrons. The SMILES string of the molecule is CC(C)C[C@@H](N)C(=O)N1CCC[C@@H]1C(=O)N[C@H](CO)C(=O)N[C@H](CCC(=O)O)C(=O)N[C@H](Cc1ccccc1)C(=O)N[C@H](CCCN=C(N)N)C(=O)N[C@@H](C(=O)N1CCC[C@@H]1C(=O)N[C@H](CC(C)C)C(=O)NCC(=O)N1CCC[C@@H]1C(=O)N[C@H](CCCN=C(N)N)C(N)=O)C(C)C. The summed E-state index contributed by atoms with van der Waals surface area (Å²) in [4.78, 5) is 190. The molecule has 3 heterocycles. The number of benzene rings is 1. The second-order valence-electron chi connectivity index (χ2n) is 25.9. The highest BCUT2D eigenvalue weighted by atomic mass is 16.4. The standard InChI is InChI=1S/C63H103N19O15/c1-34(2)29-38(64)60(96)81-27-13-20-46(81)59(95)78-44(33-83)56(92)75-41(22-23-49(85)86)53(89)76-43(31-37-15-8-7-9-16-37)55(91)74-40(18-11-25-71-63(68)69)54(90)79-50(36(5)6)61(97)82-28-14-21-47(82)58(94)77-42(30-35(3)4)52(88)72-32-48(84)80-26-12-19-45(80)57(93)73-39(51(65)87)17-10-24-70-62(66)67/h7-9,15-16,34-36,38-47,50,83H,10-14,17-33,64H2,1-6H3,(H2,65,87)(H,72,88)(H,73,93)(H,74,91)(H,75,92)(H,76,89)(H,77,94)(H,78,95)(H,79,90)(H,85,86)(H4,66,67,70)(H4,68,69,71)/t38-,39-,40-,41-,42-,43-,44-,45-,46-,47-,50-/m1/s1. The van der Waals surface area contributed by atoms with Gasteiger partial charge in [-0.2, -0.15) is 0 Å². The van der Waals surface area contributed by atoms with Gasteiger partial charge in [-0.1, -0.05) is 71.9 Å². The van der Waals surface area contributed by atoms with Gasteiger partial charge in [0.1, 0.15) is 60.4 Å². The van der Waals surface area contributed by atoms with Crippen LogP contribution < -0.4 is 76.9 Å². The Morgan fingerprint density at radius 3 is 1.46 bits per heavy atom. The van der Waals surface area contributed by atoms with Crippen LogP contribution in [0.15, 0.2) is 40.3 Å². The van der Waals surface area contributed by atoms with Gasteiger partial charge in [-0.25, -0.2) is 0 Å². The molecule has 1 aromatic carbocycles. The van der Waals surface area contributed by atoms with E-state index in [0.717, 1.165) is 0 Å². The lowest BCUT2D eigenvalue weighted by Gasteiger charge is -2.32. The molecule has 97 heavy (non-hydrogen) atoms. The first-order valence-electron chi connectivity index (χ1n) is 33.2. The highest BCUT2D eigenvalue weighted by molar-refractivity contribution is 6.00. The molecule has 1 aromatic rings. The predicted molar refractivity (Wildman–Crippen MR) is 356 cm³/mol. The number of primary amides is 1. The average Bonchev–Trinajstić information content (AvgIpc) is 1.78. The number of nitrogens with zero attached hydrogens (tertiary/aromatic N) is 5. The van der Waals surface area contributed by atoms with E-state index in [9.17, 15) is 72.5 Å². The summed E-state index contributed by atoms with van der Waals surface area (Å²) >= 11 is 0. The summed E-state index contributed by atoms with van der Waals surface area (Å²) in [6, 6.07) is -5.60. The Labute approximate surface area is 564 Å². The van der Waals surface area contributed by atoms with Crippen LogP contribution in [0.4, 0.5) is 0 Å². The van der Waals surface area contributed by atoms with Crippen LogP contribution in [0.1, 0.15) is 137 Å². The van der Waals surface area contributed by atoms with Gasteiger partial charge >= 0.3 is 5.97 Å². The van der Waals surface area contributed by atoms with E-state index < -0.39 is 175 Å². The third kappa shape index (κ3) is 26.0. The van der Waals surface area contributed by atoms with Crippen molar-refractivity contribution in [3.05, 3.63) is 35.9 Å². The number of hydrogen-bond donors (Lipinski definition) is 16. The van der Waals surface area contributed by atoms with Crippen LogP contribution in [0.3, 0.4) is 0 Å². The van der Waals surface area contributed by atoms with Crippen LogP contribution in [0.5, 0.6) is 0 Å². The van der Waals surface area contributed by atoms with Crippen molar-refractivity contribution in [1.82, 2.24) is 57.2 Å². The summed E-state index contributed by atoms with van der Waals surface area (Å²) in [7, 11) is 0. The number of aliphatic hydroxyl groups is 1. The highest BCUT2D eigenvalue weighted by Gasteiger charge is 2.43. The van der Waals surface area contributed by atoms with E-state index in [2.05, 4.69) is 52.5 Å². The topological polar surface area (TPSA) is 549 Å².